The van der Waals surface area contributed by atoms with Crippen LogP contribution in [-0.4, -0.2) is 11.1 Å². The second-order valence-electron chi connectivity index (χ2n) is 4.18. The van der Waals surface area contributed by atoms with Crippen LogP contribution in [0, 0.1) is 6.92 Å². The summed E-state index contributed by atoms with van der Waals surface area (Å²) in [7, 11) is 0. The fourth-order valence-electron chi connectivity index (χ4n) is 2.15. The Morgan fingerprint density at radius 2 is 2.13 bits per heavy atom. The van der Waals surface area contributed by atoms with Gasteiger partial charge in [-0.15, -0.1) is 0 Å². The van der Waals surface area contributed by atoms with E-state index in [2.05, 4.69) is 15.9 Å². The SMILES string of the molecule is Cc1cccc(C2(C(=O)O)CCC2)c1Br. The minimum atomic E-state index is -0.694. The Kier molecular flexibility index (Phi) is 2.59. The van der Waals surface area contributed by atoms with Gasteiger partial charge >= 0.3 is 5.97 Å². The normalized spacial score (nSPS) is 18.3. The van der Waals surface area contributed by atoms with Gasteiger partial charge in [0.1, 0.15) is 0 Å². The monoisotopic (exact) mass is 268 g/mol. The highest BCUT2D eigenvalue weighted by Crippen LogP contribution is 2.47. The summed E-state index contributed by atoms with van der Waals surface area (Å²) in [6.45, 7) is 1.99. The van der Waals surface area contributed by atoms with Crippen molar-refractivity contribution in [3.63, 3.8) is 0 Å². The first-order chi connectivity index (χ1) is 7.08. The van der Waals surface area contributed by atoms with Gasteiger partial charge in [-0.1, -0.05) is 40.5 Å². The molecule has 0 unspecified atom stereocenters. The quantitative estimate of drug-likeness (QED) is 0.894. The van der Waals surface area contributed by atoms with Crippen LogP contribution in [0.25, 0.3) is 0 Å². The van der Waals surface area contributed by atoms with E-state index in [-0.39, 0.29) is 0 Å². The molecule has 1 aromatic carbocycles. The zero-order chi connectivity index (χ0) is 11.1. The molecular formula is C12H13BrO2. The highest BCUT2D eigenvalue weighted by atomic mass is 79.9. The van der Waals surface area contributed by atoms with Crippen LogP contribution in [0.3, 0.4) is 0 Å². The first-order valence-electron chi connectivity index (χ1n) is 5.07. The molecule has 1 aliphatic carbocycles. The molecule has 15 heavy (non-hydrogen) atoms. The number of carboxylic acid groups (broad SMARTS) is 1. The van der Waals surface area contributed by atoms with E-state index < -0.39 is 11.4 Å². The van der Waals surface area contributed by atoms with Gasteiger partial charge in [0.25, 0.3) is 0 Å². The number of rotatable bonds is 2. The Morgan fingerprint density at radius 3 is 2.60 bits per heavy atom. The molecule has 0 aromatic heterocycles. The van der Waals surface area contributed by atoms with Gasteiger partial charge in [-0.3, -0.25) is 4.79 Å². The maximum Gasteiger partial charge on any atom is 0.314 e. The Morgan fingerprint density at radius 1 is 1.47 bits per heavy atom. The van der Waals surface area contributed by atoms with Crippen LogP contribution >= 0.6 is 15.9 Å². The number of hydrogen-bond donors (Lipinski definition) is 1. The lowest BCUT2D eigenvalue weighted by Gasteiger charge is -2.39. The van der Waals surface area contributed by atoms with Crippen molar-refractivity contribution in [3.8, 4) is 0 Å². The molecule has 1 aromatic rings. The number of aryl methyl sites for hydroxylation is 1. The largest absolute Gasteiger partial charge is 0.481 e. The Hall–Kier alpha value is -0.830. The molecule has 0 amide bonds. The number of aliphatic carboxylic acids is 1. The molecular weight excluding hydrogens is 256 g/mol. The molecule has 0 aliphatic heterocycles. The van der Waals surface area contributed by atoms with Crippen molar-refractivity contribution in [2.75, 3.05) is 0 Å². The van der Waals surface area contributed by atoms with Crippen LogP contribution in [0.15, 0.2) is 22.7 Å². The molecule has 0 heterocycles. The summed E-state index contributed by atoms with van der Waals surface area (Å²) in [5.74, 6) is -0.694. The third kappa shape index (κ3) is 1.49. The standard InChI is InChI=1S/C12H13BrO2/c1-8-4-2-5-9(10(8)13)12(11(14)15)6-3-7-12/h2,4-5H,3,6-7H2,1H3,(H,14,15). The van der Waals surface area contributed by atoms with Crippen molar-refractivity contribution >= 4 is 21.9 Å². The highest BCUT2D eigenvalue weighted by molar-refractivity contribution is 9.10. The number of hydrogen-bond acceptors (Lipinski definition) is 1. The van der Waals surface area contributed by atoms with E-state index in [4.69, 9.17) is 0 Å². The van der Waals surface area contributed by atoms with Crippen LogP contribution in [0.2, 0.25) is 0 Å². The third-order valence-electron chi connectivity index (χ3n) is 3.32. The van der Waals surface area contributed by atoms with E-state index in [1.165, 1.54) is 0 Å². The Balaban J connectivity index is 2.53. The average molecular weight is 269 g/mol. The molecule has 1 N–H and O–H groups in total. The topological polar surface area (TPSA) is 37.3 Å². The second kappa shape index (κ2) is 3.63. The molecule has 1 aliphatic rings. The van der Waals surface area contributed by atoms with Gasteiger partial charge in [0.05, 0.1) is 5.41 Å². The minimum absolute atomic E-state index is 0.634. The van der Waals surface area contributed by atoms with Crippen LogP contribution in [-0.2, 0) is 10.2 Å². The lowest BCUT2D eigenvalue weighted by molar-refractivity contribution is -0.147. The second-order valence-corrected chi connectivity index (χ2v) is 4.97. The van der Waals surface area contributed by atoms with Crippen molar-refractivity contribution in [2.45, 2.75) is 31.6 Å². The third-order valence-corrected chi connectivity index (χ3v) is 4.38. The zero-order valence-electron chi connectivity index (χ0n) is 8.59. The van der Waals surface area contributed by atoms with Gasteiger partial charge in [0.2, 0.25) is 0 Å². The summed E-state index contributed by atoms with van der Waals surface area (Å²) in [5, 5.41) is 9.33. The fourth-order valence-corrected chi connectivity index (χ4v) is 2.79. The lowest BCUT2D eigenvalue weighted by Crippen LogP contribution is -2.42. The van der Waals surface area contributed by atoms with Gasteiger partial charge in [0.15, 0.2) is 0 Å². The maximum absolute atomic E-state index is 11.3. The van der Waals surface area contributed by atoms with Crippen molar-refractivity contribution in [1.29, 1.82) is 0 Å². The Labute approximate surface area is 97.4 Å². The molecule has 1 saturated carbocycles. The van der Waals surface area contributed by atoms with Crippen LogP contribution in [0.5, 0.6) is 0 Å². The van der Waals surface area contributed by atoms with Crippen LogP contribution in [0.1, 0.15) is 30.4 Å². The molecule has 2 rings (SSSR count). The molecule has 1 fully saturated rings. The molecule has 80 valence electrons. The summed E-state index contributed by atoms with van der Waals surface area (Å²) in [4.78, 5) is 11.3. The van der Waals surface area contributed by atoms with Gasteiger partial charge in [-0.2, -0.15) is 0 Å². The summed E-state index contributed by atoms with van der Waals surface area (Å²) in [5.41, 5.74) is 1.39. The predicted octanol–water partition coefficient (Wildman–Crippen LogP) is 3.26. The summed E-state index contributed by atoms with van der Waals surface area (Å²) < 4.78 is 0.951. The molecule has 2 nitrogen and oxygen atoms in total. The van der Waals surface area contributed by atoms with E-state index in [1.54, 1.807) is 0 Å². The highest BCUT2D eigenvalue weighted by Gasteiger charge is 2.47. The number of carbonyl (C=O) groups is 1. The molecule has 0 saturated heterocycles. The van der Waals surface area contributed by atoms with Gasteiger partial charge in [0, 0.05) is 4.47 Å². The summed E-state index contributed by atoms with van der Waals surface area (Å²) in [6.07, 6.45) is 2.52. The lowest BCUT2D eigenvalue weighted by atomic mass is 9.64. The molecule has 3 heteroatoms. The first-order valence-corrected chi connectivity index (χ1v) is 5.86. The Bertz CT molecular complexity index is 408. The van der Waals surface area contributed by atoms with Gasteiger partial charge in [-0.05, 0) is 30.9 Å². The summed E-state index contributed by atoms with van der Waals surface area (Å²) >= 11 is 3.50. The maximum atomic E-state index is 11.3. The van der Waals surface area contributed by atoms with Crippen molar-refractivity contribution in [3.05, 3.63) is 33.8 Å². The first kappa shape index (κ1) is 10.7. The van der Waals surface area contributed by atoms with Gasteiger partial charge in [-0.25, -0.2) is 0 Å². The van der Waals surface area contributed by atoms with E-state index in [1.807, 2.05) is 25.1 Å². The van der Waals surface area contributed by atoms with E-state index in [0.29, 0.717) is 0 Å². The number of halogens is 1. The predicted molar refractivity (Wildman–Crippen MR) is 62.0 cm³/mol. The van der Waals surface area contributed by atoms with Crippen molar-refractivity contribution in [2.24, 2.45) is 0 Å². The van der Waals surface area contributed by atoms with E-state index in [0.717, 1.165) is 34.9 Å². The van der Waals surface area contributed by atoms with Crippen molar-refractivity contribution < 1.29 is 9.90 Å². The molecule has 0 spiro atoms. The number of carboxylic acids is 1. The minimum Gasteiger partial charge on any atom is -0.481 e. The summed E-state index contributed by atoms with van der Waals surface area (Å²) in [6, 6.07) is 5.84. The molecule has 0 bridgehead atoms. The van der Waals surface area contributed by atoms with Crippen LogP contribution < -0.4 is 0 Å². The van der Waals surface area contributed by atoms with Crippen molar-refractivity contribution in [1.82, 2.24) is 0 Å². The van der Waals surface area contributed by atoms with E-state index in [9.17, 15) is 9.90 Å². The average Bonchev–Trinajstić information content (AvgIpc) is 2.09. The smallest absolute Gasteiger partial charge is 0.314 e. The molecule has 0 radical (unpaired) electrons. The van der Waals surface area contributed by atoms with E-state index >= 15 is 0 Å². The number of benzene rings is 1. The van der Waals surface area contributed by atoms with Gasteiger partial charge < -0.3 is 5.11 Å². The zero-order valence-corrected chi connectivity index (χ0v) is 10.2. The van der Waals surface area contributed by atoms with Crippen LogP contribution in [0.4, 0.5) is 0 Å². The fraction of sp³-hybridized carbons (Fsp3) is 0.417. The molecule has 0 atom stereocenters.